The van der Waals surface area contributed by atoms with Crippen molar-refractivity contribution in [1.82, 2.24) is 10.3 Å². The Labute approximate surface area is 109 Å². The van der Waals surface area contributed by atoms with E-state index >= 15 is 0 Å². The monoisotopic (exact) mass is 262 g/mol. The fraction of sp³-hybridized carbons (Fsp3) is 0.231. The van der Waals surface area contributed by atoms with Crippen LogP contribution in [0.25, 0.3) is 10.4 Å². The highest BCUT2D eigenvalue weighted by Crippen LogP contribution is 2.28. The van der Waals surface area contributed by atoms with Gasteiger partial charge in [0.05, 0.1) is 28.7 Å². The zero-order chi connectivity index (χ0) is 13.0. The number of aromatic nitrogens is 1. The second kappa shape index (κ2) is 5.75. The van der Waals surface area contributed by atoms with Crippen molar-refractivity contribution >= 4 is 17.7 Å². The van der Waals surface area contributed by atoms with Crippen LogP contribution in [0.5, 0.6) is 0 Å². The molecule has 1 aromatic heterocycles. The van der Waals surface area contributed by atoms with Crippen molar-refractivity contribution < 1.29 is 9.90 Å². The van der Waals surface area contributed by atoms with Crippen molar-refractivity contribution in [2.75, 3.05) is 6.61 Å². The van der Waals surface area contributed by atoms with Gasteiger partial charge in [-0.05, 0) is 18.1 Å². The maximum atomic E-state index is 10.4. The summed E-state index contributed by atoms with van der Waals surface area (Å²) in [5, 5.41) is 11.8. The standard InChI is InChI=1S/C13H14N2O2S/c1-9-13(18-8-15-9)11-4-2-10(3-5-11)12(6-16)14-7-17/h2-5,7-8,12,16H,6H2,1H3,(H,14,17). The number of nitrogens with zero attached hydrogens (tertiary/aromatic N) is 1. The van der Waals surface area contributed by atoms with Crippen LogP contribution in [0.15, 0.2) is 29.8 Å². The predicted molar refractivity (Wildman–Crippen MR) is 71.3 cm³/mol. The smallest absolute Gasteiger partial charge is 0.207 e. The maximum absolute atomic E-state index is 10.4. The molecule has 4 nitrogen and oxygen atoms in total. The summed E-state index contributed by atoms with van der Waals surface area (Å²) in [5.74, 6) is 0. The lowest BCUT2D eigenvalue weighted by Gasteiger charge is -2.13. The highest BCUT2D eigenvalue weighted by Gasteiger charge is 2.10. The summed E-state index contributed by atoms with van der Waals surface area (Å²) >= 11 is 1.60. The second-order valence-electron chi connectivity index (χ2n) is 3.91. The SMILES string of the molecule is Cc1ncsc1-c1ccc(C(CO)NC=O)cc1. The molecule has 1 unspecified atom stereocenters. The van der Waals surface area contributed by atoms with Crippen LogP contribution in [-0.2, 0) is 4.79 Å². The first-order valence-electron chi connectivity index (χ1n) is 5.57. The van der Waals surface area contributed by atoms with Crippen LogP contribution in [0, 0.1) is 6.92 Å². The first-order chi connectivity index (χ1) is 8.76. The molecule has 94 valence electrons. The molecule has 0 saturated carbocycles. The lowest BCUT2D eigenvalue weighted by Crippen LogP contribution is -2.22. The summed E-state index contributed by atoms with van der Waals surface area (Å²) in [4.78, 5) is 15.8. The van der Waals surface area contributed by atoms with Gasteiger partial charge in [-0.1, -0.05) is 24.3 Å². The summed E-state index contributed by atoms with van der Waals surface area (Å²) in [6.45, 7) is 1.86. The Morgan fingerprint density at radius 2 is 2.17 bits per heavy atom. The Morgan fingerprint density at radius 3 is 2.67 bits per heavy atom. The highest BCUT2D eigenvalue weighted by atomic mass is 32.1. The lowest BCUT2D eigenvalue weighted by atomic mass is 10.0. The van der Waals surface area contributed by atoms with Gasteiger partial charge in [0, 0.05) is 0 Å². The van der Waals surface area contributed by atoms with Gasteiger partial charge in [0.1, 0.15) is 0 Å². The quantitative estimate of drug-likeness (QED) is 0.809. The fourth-order valence-electron chi connectivity index (χ4n) is 1.78. The van der Waals surface area contributed by atoms with Crippen molar-refractivity contribution in [1.29, 1.82) is 0 Å². The van der Waals surface area contributed by atoms with Gasteiger partial charge in [-0.15, -0.1) is 11.3 Å². The number of carbonyl (C=O) groups is 1. The van der Waals surface area contributed by atoms with Crippen LogP contribution in [0.3, 0.4) is 0 Å². The number of benzene rings is 1. The van der Waals surface area contributed by atoms with E-state index in [1.807, 2.05) is 36.7 Å². The number of nitrogens with one attached hydrogen (secondary N) is 1. The molecule has 0 saturated heterocycles. The molecule has 0 fully saturated rings. The van der Waals surface area contributed by atoms with E-state index in [9.17, 15) is 9.90 Å². The van der Waals surface area contributed by atoms with Crippen molar-refractivity contribution in [3.63, 3.8) is 0 Å². The summed E-state index contributed by atoms with van der Waals surface area (Å²) in [7, 11) is 0. The first-order valence-corrected chi connectivity index (χ1v) is 6.45. The zero-order valence-electron chi connectivity index (χ0n) is 9.96. The van der Waals surface area contributed by atoms with Gasteiger partial charge >= 0.3 is 0 Å². The zero-order valence-corrected chi connectivity index (χ0v) is 10.8. The minimum Gasteiger partial charge on any atom is -0.394 e. The fourth-order valence-corrected chi connectivity index (χ4v) is 2.59. The highest BCUT2D eigenvalue weighted by molar-refractivity contribution is 7.13. The van der Waals surface area contributed by atoms with Crippen LogP contribution in [0.2, 0.25) is 0 Å². The molecule has 18 heavy (non-hydrogen) atoms. The van der Waals surface area contributed by atoms with Crippen molar-refractivity contribution in [2.24, 2.45) is 0 Å². The molecule has 2 aromatic rings. The molecular formula is C13H14N2O2S. The number of thiazole rings is 1. The van der Waals surface area contributed by atoms with Crippen LogP contribution in [0.4, 0.5) is 0 Å². The third kappa shape index (κ3) is 2.57. The van der Waals surface area contributed by atoms with E-state index in [0.29, 0.717) is 6.41 Å². The molecule has 2 rings (SSSR count). The third-order valence-corrected chi connectivity index (χ3v) is 3.75. The number of aliphatic hydroxyl groups excluding tert-OH is 1. The van der Waals surface area contributed by atoms with Gasteiger partial charge in [0.15, 0.2) is 0 Å². The molecule has 0 bridgehead atoms. The number of carbonyl (C=O) groups excluding carboxylic acids is 1. The molecule has 5 heteroatoms. The van der Waals surface area contributed by atoms with Crippen molar-refractivity contribution in [2.45, 2.75) is 13.0 Å². The minimum absolute atomic E-state index is 0.113. The largest absolute Gasteiger partial charge is 0.394 e. The molecule has 0 radical (unpaired) electrons. The van der Waals surface area contributed by atoms with Crippen LogP contribution in [-0.4, -0.2) is 23.1 Å². The Balaban J connectivity index is 2.24. The minimum atomic E-state index is -0.348. The van der Waals surface area contributed by atoms with Crippen molar-refractivity contribution in [3.05, 3.63) is 41.0 Å². The molecule has 0 aliphatic rings. The average molecular weight is 262 g/mol. The van der Waals surface area contributed by atoms with Gasteiger partial charge in [0.2, 0.25) is 6.41 Å². The predicted octanol–water partition coefficient (Wildman–Crippen LogP) is 1.90. The number of aliphatic hydroxyl groups is 1. The second-order valence-corrected chi connectivity index (χ2v) is 4.76. The number of hydrogen-bond donors (Lipinski definition) is 2. The first kappa shape index (κ1) is 12.7. The molecule has 1 amide bonds. The van der Waals surface area contributed by atoms with Gasteiger partial charge < -0.3 is 10.4 Å². The molecule has 0 spiro atoms. The molecule has 1 atom stereocenters. The third-order valence-electron chi connectivity index (χ3n) is 2.77. The molecule has 1 aromatic carbocycles. The topological polar surface area (TPSA) is 62.2 Å². The Kier molecular flexibility index (Phi) is 4.07. The average Bonchev–Trinajstić information content (AvgIpc) is 2.82. The van der Waals surface area contributed by atoms with Gasteiger partial charge in [0.25, 0.3) is 0 Å². The van der Waals surface area contributed by atoms with E-state index in [4.69, 9.17) is 0 Å². The molecule has 0 aliphatic heterocycles. The molecule has 2 N–H and O–H groups in total. The van der Waals surface area contributed by atoms with Gasteiger partial charge in [-0.2, -0.15) is 0 Å². The van der Waals surface area contributed by atoms with Crippen LogP contribution >= 0.6 is 11.3 Å². The number of aryl methyl sites for hydroxylation is 1. The lowest BCUT2D eigenvalue weighted by molar-refractivity contribution is -0.110. The van der Waals surface area contributed by atoms with Gasteiger partial charge in [-0.25, -0.2) is 4.98 Å². The normalized spacial score (nSPS) is 12.1. The number of amides is 1. The van der Waals surface area contributed by atoms with E-state index in [1.54, 1.807) is 11.3 Å². The summed E-state index contributed by atoms with van der Waals surface area (Å²) in [5.41, 5.74) is 4.82. The number of hydrogen-bond acceptors (Lipinski definition) is 4. The van der Waals surface area contributed by atoms with Crippen molar-refractivity contribution in [3.8, 4) is 10.4 Å². The van der Waals surface area contributed by atoms with E-state index in [2.05, 4.69) is 10.3 Å². The summed E-state index contributed by atoms with van der Waals surface area (Å²) < 4.78 is 0. The Morgan fingerprint density at radius 1 is 1.44 bits per heavy atom. The van der Waals surface area contributed by atoms with Gasteiger partial charge in [-0.3, -0.25) is 4.79 Å². The van der Waals surface area contributed by atoms with E-state index in [0.717, 1.165) is 21.7 Å². The summed E-state index contributed by atoms with van der Waals surface area (Å²) in [6.07, 6.45) is 0.599. The molecular weight excluding hydrogens is 248 g/mol. The van der Waals surface area contributed by atoms with Crippen LogP contribution < -0.4 is 5.32 Å². The van der Waals surface area contributed by atoms with E-state index in [1.165, 1.54) is 0 Å². The molecule has 0 aliphatic carbocycles. The van der Waals surface area contributed by atoms with E-state index in [-0.39, 0.29) is 12.6 Å². The summed E-state index contributed by atoms with van der Waals surface area (Å²) in [6, 6.07) is 7.42. The van der Waals surface area contributed by atoms with E-state index < -0.39 is 0 Å². The van der Waals surface area contributed by atoms with Crippen LogP contribution in [0.1, 0.15) is 17.3 Å². The Hall–Kier alpha value is -1.72. The Bertz CT molecular complexity index is 522. The molecule has 1 heterocycles. The number of rotatable bonds is 5. The maximum Gasteiger partial charge on any atom is 0.207 e.